The first kappa shape index (κ1) is 23.4. The fourth-order valence-corrected chi connectivity index (χ4v) is 6.72. The highest BCUT2D eigenvalue weighted by atomic mass is 32.2. The zero-order chi connectivity index (χ0) is 24.0. The van der Waals surface area contributed by atoms with Crippen molar-refractivity contribution in [1.29, 1.82) is 0 Å². The van der Waals surface area contributed by atoms with E-state index in [1.165, 1.54) is 15.7 Å². The maximum Gasteiger partial charge on any atom is 0.425 e. The van der Waals surface area contributed by atoms with Gasteiger partial charge in [-0.3, -0.25) is 4.52 Å². The van der Waals surface area contributed by atoms with E-state index in [1.54, 1.807) is 24.1 Å². The van der Waals surface area contributed by atoms with Gasteiger partial charge >= 0.3 is 10.9 Å². The maximum absolute atomic E-state index is 13.6. The largest absolute Gasteiger partial charge is 0.425 e. The van der Waals surface area contributed by atoms with Crippen molar-refractivity contribution < 1.29 is 26.1 Å². The number of aromatic nitrogens is 2. The standard InChI is InChI=1S/C20H27N6O5S2/c1-4-23(3)33(29,30)25-11-9-24(10-12-25)26-20(19(21)31-22-26)32(27,28)17-13-15(2)18-8-6-5-7-16(18)14-17/h5-8,13-14H,4,9-12,21H2,1-3H3/q+1. The quantitative estimate of drug-likeness (QED) is 0.482. The Kier molecular flexibility index (Phi) is 6.07. The number of nitrogens with zero attached hydrogens (tertiary/aromatic N) is 5. The molecule has 3 aromatic rings. The van der Waals surface area contributed by atoms with Gasteiger partial charge in [0.2, 0.25) is 5.27 Å². The summed E-state index contributed by atoms with van der Waals surface area (Å²) < 4.78 is 60.0. The highest BCUT2D eigenvalue weighted by Gasteiger charge is 2.43. The molecule has 1 aromatic heterocycles. The average molecular weight is 496 g/mol. The van der Waals surface area contributed by atoms with Crippen LogP contribution in [0.5, 0.6) is 0 Å². The van der Waals surface area contributed by atoms with Crippen LogP contribution in [-0.2, 0) is 20.0 Å². The van der Waals surface area contributed by atoms with E-state index in [4.69, 9.17) is 10.3 Å². The minimum atomic E-state index is -4.08. The molecule has 33 heavy (non-hydrogen) atoms. The van der Waals surface area contributed by atoms with Gasteiger partial charge in [-0.1, -0.05) is 31.2 Å². The van der Waals surface area contributed by atoms with E-state index >= 15 is 0 Å². The van der Waals surface area contributed by atoms with Crippen LogP contribution in [0.3, 0.4) is 0 Å². The fraction of sp³-hybridized carbons (Fsp3) is 0.400. The third kappa shape index (κ3) is 4.05. The smallest absolute Gasteiger partial charge is 0.361 e. The van der Waals surface area contributed by atoms with Crippen LogP contribution in [0.2, 0.25) is 0 Å². The number of sulfone groups is 1. The summed E-state index contributed by atoms with van der Waals surface area (Å²) in [6.07, 6.45) is 0. The minimum Gasteiger partial charge on any atom is -0.361 e. The van der Waals surface area contributed by atoms with Gasteiger partial charge in [0.25, 0.3) is 20.0 Å². The van der Waals surface area contributed by atoms with Crippen molar-refractivity contribution in [3.8, 4) is 0 Å². The molecule has 13 heteroatoms. The molecule has 2 aromatic carbocycles. The first-order chi connectivity index (χ1) is 15.6. The normalized spacial score (nSPS) is 16.1. The van der Waals surface area contributed by atoms with E-state index in [0.717, 1.165) is 21.1 Å². The highest BCUT2D eigenvalue weighted by molar-refractivity contribution is 7.91. The van der Waals surface area contributed by atoms with Crippen LogP contribution in [0.4, 0.5) is 5.88 Å². The summed E-state index contributed by atoms with van der Waals surface area (Å²) in [5.74, 6) is -0.332. The molecule has 0 saturated carbocycles. The van der Waals surface area contributed by atoms with Crippen LogP contribution in [-0.4, -0.2) is 70.5 Å². The number of fused-ring (bicyclic) bond motifs is 1. The Morgan fingerprint density at radius 2 is 1.79 bits per heavy atom. The number of aryl methyl sites for hydroxylation is 1. The molecule has 4 rings (SSSR count). The molecule has 0 aliphatic carbocycles. The Labute approximate surface area is 193 Å². The molecule has 1 saturated heterocycles. The SMILES string of the molecule is CCN(C)S(=O)(=O)N1CCN([n+]2noc(N)c2S(=O)(=O)c2cc(C)c3ccccc3c2)CC1. The third-order valence-electron chi connectivity index (χ3n) is 5.86. The maximum atomic E-state index is 13.6. The van der Waals surface area contributed by atoms with Crippen molar-refractivity contribution >= 4 is 36.7 Å². The van der Waals surface area contributed by atoms with Gasteiger partial charge in [-0.15, -0.1) is 5.01 Å². The van der Waals surface area contributed by atoms with Gasteiger partial charge in [0, 0.05) is 26.7 Å². The fourth-order valence-electron chi connectivity index (χ4n) is 3.87. The van der Waals surface area contributed by atoms with Gasteiger partial charge in [0.1, 0.15) is 0 Å². The second kappa shape index (κ2) is 8.56. The molecule has 1 aliphatic rings. The monoisotopic (exact) mass is 495 g/mol. The summed E-state index contributed by atoms with van der Waals surface area (Å²) in [4.78, 5) is 1.20. The zero-order valence-corrected chi connectivity index (χ0v) is 20.3. The molecule has 0 unspecified atom stereocenters. The Balaban J connectivity index is 1.67. The molecule has 0 amide bonds. The van der Waals surface area contributed by atoms with Crippen LogP contribution in [0.25, 0.3) is 10.8 Å². The number of benzene rings is 2. The van der Waals surface area contributed by atoms with Crippen LogP contribution in [0.15, 0.2) is 50.8 Å². The molecular weight excluding hydrogens is 468 g/mol. The molecule has 0 radical (unpaired) electrons. The van der Waals surface area contributed by atoms with Crippen molar-refractivity contribution in [3.63, 3.8) is 0 Å². The Hall–Kier alpha value is -2.74. The lowest BCUT2D eigenvalue weighted by Gasteiger charge is -2.32. The molecule has 1 aliphatic heterocycles. The van der Waals surface area contributed by atoms with E-state index in [0.29, 0.717) is 6.54 Å². The summed E-state index contributed by atoms with van der Waals surface area (Å²) in [5, 5.41) is 6.91. The number of piperazine rings is 1. The average Bonchev–Trinajstić information content (AvgIpc) is 3.20. The molecule has 0 bridgehead atoms. The number of rotatable bonds is 6. The second-order valence-corrected chi connectivity index (χ2v) is 11.8. The van der Waals surface area contributed by atoms with Gasteiger partial charge in [-0.25, -0.2) is 8.42 Å². The lowest BCUT2D eigenvalue weighted by Crippen LogP contribution is -2.68. The van der Waals surface area contributed by atoms with E-state index in [1.807, 2.05) is 31.2 Å². The van der Waals surface area contributed by atoms with Gasteiger partial charge in [-0.2, -0.15) is 17.0 Å². The highest BCUT2D eigenvalue weighted by Crippen LogP contribution is 2.28. The molecule has 1 fully saturated rings. The van der Waals surface area contributed by atoms with Crippen molar-refractivity contribution in [1.82, 2.24) is 13.9 Å². The molecule has 178 valence electrons. The summed E-state index contributed by atoms with van der Waals surface area (Å²) in [7, 11) is -6.14. The number of hydrogen-bond donors (Lipinski definition) is 1. The van der Waals surface area contributed by atoms with Gasteiger partial charge < -0.3 is 5.73 Å². The van der Waals surface area contributed by atoms with Gasteiger partial charge in [0.05, 0.1) is 22.8 Å². The predicted octanol–water partition coefficient (Wildman–Crippen LogP) is 0.289. The molecular formula is C20H27N6O5S2+. The summed E-state index contributed by atoms with van der Waals surface area (Å²) in [5.41, 5.74) is 6.72. The second-order valence-electron chi connectivity index (χ2n) is 7.87. The number of nitrogen functional groups attached to an aromatic ring is 1. The van der Waals surface area contributed by atoms with Gasteiger partial charge in [-0.05, 0) is 35.4 Å². The number of nitrogens with two attached hydrogens (primary N) is 1. The van der Waals surface area contributed by atoms with E-state index in [-0.39, 0.29) is 42.0 Å². The topological polar surface area (TPSA) is 134 Å². The van der Waals surface area contributed by atoms with Crippen LogP contribution >= 0.6 is 0 Å². The summed E-state index contributed by atoms with van der Waals surface area (Å²) in [6, 6.07) is 10.7. The molecule has 2 N–H and O–H groups in total. The minimum absolute atomic E-state index is 0.0770. The number of anilines is 1. The zero-order valence-electron chi connectivity index (χ0n) is 18.7. The predicted molar refractivity (Wildman–Crippen MR) is 122 cm³/mol. The molecule has 11 nitrogen and oxygen atoms in total. The van der Waals surface area contributed by atoms with Crippen molar-refractivity contribution in [2.75, 3.05) is 50.5 Å². The Morgan fingerprint density at radius 1 is 1.12 bits per heavy atom. The Morgan fingerprint density at radius 3 is 2.45 bits per heavy atom. The summed E-state index contributed by atoms with van der Waals surface area (Å²) >= 11 is 0. The molecule has 0 spiro atoms. The van der Waals surface area contributed by atoms with E-state index in [9.17, 15) is 16.8 Å². The van der Waals surface area contributed by atoms with E-state index in [2.05, 4.69) is 5.27 Å². The van der Waals surface area contributed by atoms with Crippen molar-refractivity contribution in [2.24, 2.45) is 0 Å². The number of hydrogen-bond acceptors (Lipinski definition) is 8. The van der Waals surface area contributed by atoms with E-state index < -0.39 is 20.0 Å². The molecule has 2 heterocycles. The lowest BCUT2D eigenvalue weighted by atomic mass is 10.1. The van der Waals surface area contributed by atoms with Crippen LogP contribution < -0.4 is 15.5 Å². The summed E-state index contributed by atoms with van der Waals surface area (Å²) in [6.45, 7) is 4.72. The lowest BCUT2D eigenvalue weighted by molar-refractivity contribution is -0.790. The third-order valence-corrected chi connectivity index (χ3v) is 9.66. The first-order valence-electron chi connectivity index (χ1n) is 10.5. The van der Waals surface area contributed by atoms with Crippen molar-refractivity contribution in [3.05, 3.63) is 42.0 Å². The first-order valence-corrected chi connectivity index (χ1v) is 13.3. The van der Waals surface area contributed by atoms with Crippen molar-refractivity contribution in [2.45, 2.75) is 23.8 Å². The molecule has 0 atom stereocenters. The van der Waals surface area contributed by atoms with Crippen LogP contribution in [0, 0.1) is 6.92 Å². The van der Waals surface area contributed by atoms with Crippen LogP contribution in [0.1, 0.15) is 12.5 Å². The Bertz CT molecular complexity index is 1400. The van der Waals surface area contributed by atoms with Gasteiger partial charge in [0.15, 0.2) is 0 Å².